The van der Waals surface area contributed by atoms with E-state index in [1.54, 1.807) is 7.11 Å². The molecule has 0 saturated heterocycles. The molecule has 0 bridgehead atoms. The van der Waals surface area contributed by atoms with E-state index in [4.69, 9.17) is 10.00 Å². The summed E-state index contributed by atoms with van der Waals surface area (Å²) >= 11 is 0. The third kappa shape index (κ3) is 4.02. The van der Waals surface area contributed by atoms with Crippen molar-refractivity contribution in [1.82, 2.24) is 0 Å². The Bertz CT molecular complexity index is 413. The summed E-state index contributed by atoms with van der Waals surface area (Å²) in [7, 11) is 1.66. The third-order valence-corrected chi connectivity index (χ3v) is 2.80. The standard InChI is InChI=1S/C14H20N2O2/c1-12-4-5-14(13(10-12)11-17)16(7-3-6-15)8-9-18-2/h4-5,10,17H,3,7-9,11H2,1-2H3. The minimum atomic E-state index is 0.00699. The molecule has 0 radical (unpaired) electrons. The first-order valence-corrected chi connectivity index (χ1v) is 6.04. The Hall–Kier alpha value is -1.57. The van der Waals surface area contributed by atoms with Gasteiger partial charge in [0.1, 0.15) is 0 Å². The van der Waals surface area contributed by atoms with E-state index in [0.717, 1.165) is 16.8 Å². The average Bonchev–Trinajstić information content (AvgIpc) is 2.39. The highest BCUT2D eigenvalue weighted by molar-refractivity contribution is 5.54. The molecule has 0 aromatic heterocycles. The molecule has 0 fully saturated rings. The lowest BCUT2D eigenvalue weighted by atomic mass is 10.1. The lowest BCUT2D eigenvalue weighted by Crippen LogP contribution is -2.29. The summed E-state index contributed by atoms with van der Waals surface area (Å²) in [5.41, 5.74) is 2.99. The van der Waals surface area contributed by atoms with Crippen LogP contribution in [0.4, 0.5) is 5.69 Å². The van der Waals surface area contributed by atoms with Gasteiger partial charge in [-0.2, -0.15) is 5.26 Å². The maximum Gasteiger partial charge on any atom is 0.0702 e. The van der Waals surface area contributed by atoms with Crippen LogP contribution in [0.5, 0.6) is 0 Å². The van der Waals surface area contributed by atoms with Crippen molar-refractivity contribution in [3.05, 3.63) is 29.3 Å². The lowest BCUT2D eigenvalue weighted by Gasteiger charge is -2.26. The van der Waals surface area contributed by atoms with Gasteiger partial charge < -0.3 is 14.7 Å². The molecule has 0 aliphatic heterocycles. The molecule has 1 N–H and O–H groups in total. The van der Waals surface area contributed by atoms with E-state index in [-0.39, 0.29) is 6.61 Å². The molecule has 4 nitrogen and oxygen atoms in total. The molecule has 0 spiro atoms. The van der Waals surface area contributed by atoms with Gasteiger partial charge in [0.15, 0.2) is 0 Å². The molecule has 0 aliphatic rings. The number of methoxy groups -OCH3 is 1. The summed E-state index contributed by atoms with van der Waals surface area (Å²) in [6.45, 7) is 3.97. The summed E-state index contributed by atoms with van der Waals surface area (Å²) in [6.07, 6.45) is 0.461. The number of aliphatic hydroxyl groups excluding tert-OH is 1. The summed E-state index contributed by atoms with van der Waals surface area (Å²) in [4.78, 5) is 2.08. The Labute approximate surface area is 108 Å². The number of hydrogen-bond donors (Lipinski definition) is 1. The normalized spacial score (nSPS) is 10.1. The largest absolute Gasteiger partial charge is 0.392 e. The molecule has 18 heavy (non-hydrogen) atoms. The Kier molecular flexibility index (Phi) is 6.20. The average molecular weight is 248 g/mol. The second-order valence-electron chi connectivity index (χ2n) is 4.18. The van der Waals surface area contributed by atoms with Crippen LogP contribution in [0.15, 0.2) is 18.2 Å². The molecule has 0 amide bonds. The van der Waals surface area contributed by atoms with E-state index in [0.29, 0.717) is 26.1 Å². The van der Waals surface area contributed by atoms with Crippen LogP contribution in [0, 0.1) is 18.3 Å². The highest BCUT2D eigenvalue weighted by atomic mass is 16.5. The molecule has 1 rings (SSSR count). The van der Waals surface area contributed by atoms with Crippen molar-refractivity contribution in [2.45, 2.75) is 20.0 Å². The van der Waals surface area contributed by atoms with Gasteiger partial charge in [0, 0.05) is 31.5 Å². The maximum absolute atomic E-state index is 9.42. The van der Waals surface area contributed by atoms with E-state index >= 15 is 0 Å². The Morgan fingerprint density at radius 2 is 2.17 bits per heavy atom. The summed E-state index contributed by atoms with van der Waals surface area (Å²) in [6, 6.07) is 8.13. The fraction of sp³-hybridized carbons (Fsp3) is 0.500. The Balaban J connectivity index is 2.92. The maximum atomic E-state index is 9.42. The highest BCUT2D eigenvalue weighted by Crippen LogP contribution is 2.22. The molecular weight excluding hydrogens is 228 g/mol. The quantitative estimate of drug-likeness (QED) is 0.800. The number of benzene rings is 1. The van der Waals surface area contributed by atoms with Crippen LogP contribution in [-0.4, -0.2) is 31.9 Å². The lowest BCUT2D eigenvalue weighted by molar-refractivity contribution is 0.205. The third-order valence-electron chi connectivity index (χ3n) is 2.80. The second kappa shape index (κ2) is 7.70. The molecule has 0 atom stereocenters. The molecule has 0 heterocycles. The number of hydrogen-bond acceptors (Lipinski definition) is 4. The van der Waals surface area contributed by atoms with Crippen LogP contribution in [0.3, 0.4) is 0 Å². The van der Waals surface area contributed by atoms with Gasteiger partial charge in [-0.3, -0.25) is 0 Å². The zero-order chi connectivity index (χ0) is 13.4. The van der Waals surface area contributed by atoms with Gasteiger partial charge in [0.25, 0.3) is 0 Å². The van der Waals surface area contributed by atoms with Crippen LogP contribution in [0.1, 0.15) is 17.5 Å². The summed E-state index contributed by atoms with van der Waals surface area (Å²) in [5, 5.41) is 18.1. The second-order valence-corrected chi connectivity index (χ2v) is 4.18. The SMILES string of the molecule is COCCN(CCC#N)c1ccc(C)cc1CO. The number of rotatable bonds is 7. The predicted molar refractivity (Wildman–Crippen MR) is 71.4 cm³/mol. The predicted octanol–water partition coefficient (Wildman–Crippen LogP) is 1.85. The summed E-state index contributed by atoms with van der Waals surface area (Å²) < 4.78 is 5.08. The monoisotopic (exact) mass is 248 g/mol. The van der Waals surface area contributed by atoms with Gasteiger partial charge in [-0.05, 0) is 13.0 Å². The first-order valence-electron chi connectivity index (χ1n) is 6.04. The molecule has 98 valence electrons. The number of anilines is 1. The summed E-state index contributed by atoms with van der Waals surface area (Å²) in [5.74, 6) is 0. The van der Waals surface area contributed by atoms with Gasteiger partial charge in [0.2, 0.25) is 0 Å². The van der Waals surface area contributed by atoms with E-state index in [9.17, 15) is 5.11 Å². The first kappa shape index (κ1) is 14.5. The van der Waals surface area contributed by atoms with Crippen LogP contribution in [0.25, 0.3) is 0 Å². The number of aryl methyl sites for hydroxylation is 1. The van der Waals surface area contributed by atoms with Crippen molar-refractivity contribution in [3.63, 3.8) is 0 Å². The molecular formula is C14H20N2O2. The van der Waals surface area contributed by atoms with Gasteiger partial charge >= 0.3 is 0 Å². The van der Waals surface area contributed by atoms with E-state index in [2.05, 4.69) is 11.0 Å². The first-order chi connectivity index (χ1) is 8.72. The van der Waals surface area contributed by atoms with E-state index in [1.165, 1.54) is 0 Å². The van der Waals surface area contributed by atoms with Crippen LogP contribution in [-0.2, 0) is 11.3 Å². The van der Waals surface area contributed by atoms with Gasteiger partial charge in [0.05, 0.1) is 25.7 Å². The van der Waals surface area contributed by atoms with E-state index < -0.39 is 0 Å². The van der Waals surface area contributed by atoms with Crippen LogP contribution >= 0.6 is 0 Å². The highest BCUT2D eigenvalue weighted by Gasteiger charge is 2.10. The number of nitrogens with zero attached hydrogens (tertiary/aromatic N) is 2. The molecule has 1 aromatic carbocycles. The minimum absolute atomic E-state index is 0.00699. The fourth-order valence-electron chi connectivity index (χ4n) is 1.89. The van der Waals surface area contributed by atoms with Gasteiger partial charge in [-0.1, -0.05) is 17.7 Å². The topological polar surface area (TPSA) is 56.5 Å². The number of ether oxygens (including phenoxy) is 1. The van der Waals surface area contributed by atoms with Crippen molar-refractivity contribution < 1.29 is 9.84 Å². The smallest absolute Gasteiger partial charge is 0.0702 e. The van der Waals surface area contributed by atoms with Crippen molar-refractivity contribution in [3.8, 4) is 6.07 Å². The Morgan fingerprint density at radius 1 is 1.39 bits per heavy atom. The van der Waals surface area contributed by atoms with Crippen molar-refractivity contribution >= 4 is 5.69 Å². The molecule has 0 saturated carbocycles. The van der Waals surface area contributed by atoms with Crippen molar-refractivity contribution in [2.75, 3.05) is 31.7 Å². The molecule has 1 aromatic rings. The fourth-order valence-corrected chi connectivity index (χ4v) is 1.89. The molecule has 0 unspecified atom stereocenters. The molecule has 0 aliphatic carbocycles. The van der Waals surface area contributed by atoms with E-state index in [1.807, 2.05) is 25.1 Å². The van der Waals surface area contributed by atoms with Crippen LogP contribution in [0.2, 0.25) is 0 Å². The van der Waals surface area contributed by atoms with Crippen LogP contribution < -0.4 is 4.90 Å². The minimum Gasteiger partial charge on any atom is -0.392 e. The zero-order valence-electron chi connectivity index (χ0n) is 11.0. The van der Waals surface area contributed by atoms with Gasteiger partial charge in [-0.15, -0.1) is 0 Å². The number of aliphatic hydroxyl groups is 1. The van der Waals surface area contributed by atoms with Gasteiger partial charge in [-0.25, -0.2) is 0 Å². The molecule has 4 heteroatoms. The van der Waals surface area contributed by atoms with Crippen molar-refractivity contribution in [2.24, 2.45) is 0 Å². The number of nitriles is 1. The zero-order valence-corrected chi connectivity index (χ0v) is 11.0. The van der Waals surface area contributed by atoms with Crippen molar-refractivity contribution in [1.29, 1.82) is 5.26 Å². The Morgan fingerprint density at radius 3 is 2.78 bits per heavy atom.